The Labute approximate surface area is 119 Å². The second-order valence-corrected chi connectivity index (χ2v) is 6.21. The first-order valence-electron chi connectivity index (χ1n) is 7.96. The molecule has 0 aromatic carbocycles. The Hall–Kier alpha value is -0.120. The normalized spacial score (nSPS) is 18.0. The zero-order valence-corrected chi connectivity index (χ0v) is 13.0. The van der Waals surface area contributed by atoms with E-state index in [0.717, 1.165) is 57.8 Å². The van der Waals surface area contributed by atoms with E-state index in [1.54, 1.807) is 0 Å². The minimum atomic E-state index is -0.199. The molecule has 0 heterocycles. The molecule has 0 amide bonds. The van der Waals surface area contributed by atoms with Crippen LogP contribution < -0.4 is 0 Å². The lowest BCUT2D eigenvalue weighted by atomic mass is 9.89. The third kappa shape index (κ3) is 14.1. The van der Waals surface area contributed by atoms with Crippen LogP contribution in [0.25, 0.3) is 0 Å². The molecule has 0 radical (unpaired) electrons. The molecule has 0 saturated heterocycles. The SMILES string of the molecule is CC(O)CCCC(CCCC(C)O)CCCC(C)O. The summed E-state index contributed by atoms with van der Waals surface area (Å²) < 4.78 is 0. The monoisotopic (exact) mass is 274 g/mol. The van der Waals surface area contributed by atoms with Gasteiger partial charge in [0.2, 0.25) is 0 Å². The van der Waals surface area contributed by atoms with Gasteiger partial charge in [0.05, 0.1) is 18.3 Å². The summed E-state index contributed by atoms with van der Waals surface area (Å²) in [5.41, 5.74) is 0. The average molecular weight is 274 g/mol. The van der Waals surface area contributed by atoms with Gasteiger partial charge in [-0.15, -0.1) is 0 Å². The fourth-order valence-corrected chi connectivity index (χ4v) is 2.54. The Morgan fingerprint density at radius 1 is 0.526 bits per heavy atom. The van der Waals surface area contributed by atoms with Crippen molar-refractivity contribution < 1.29 is 15.3 Å². The number of aliphatic hydroxyl groups excluding tert-OH is 3. The zero-order chi connectivity index (χ0) is 14.7. The zero-order valence-electron chi connectivity index (χ0n) is 13.0. The van der Waals surface area contributed by atoms with Crippen LogP contribution in [-0.4, -0.2) is 33.6 Å². The fourth-order valence-electron chi connectivity index (χ4n) is 2.54. The molecule has 0 aliphatic carbocycles. The molecule has 0 aliphatic rings. The highest BCUT2D eigenvalue weighted by atomic mass is 16.3. The maximum Gasteiger partial charge on any atom is 0.0512 e. The predicted octanol–water partition coefficient (Wildman–Crippen LogP) is 3.26. The van der Waals surface area contributed by atoms with E-state index in [0.29, 0.717) is 5.92 Å². The Kier molecular flexibility index (Phi) is 11.6. The van der Waals surface area contributed by atoms with Gasteiger partial charge in [-0.05, 0) is 46.0 Å². The first kappa shape index (κ1) is 18.9. The van der Waals surface area contributed by atoms with Gasteiger partial charge in [-0.2, -0.15) is 0 Å². The van der Waals surface area contributed by atoms with E-state index in [1.165, 1.54) is 0 Å². The minimum Gasteiger partial charge on any atom is -0.393 e. The molecule has 0 fully saturated rings. The van der Waals surface area contributed by atoms with Crippen molar-refractivity contribution >= 4 is 0 Å². The standard InChI is InChI=1S/C16H34O3/c1-13(17)7-4-10-16(11-5-8-14(2)18)12-6-9-15(3)19/h13-19H,4-12H2,1-3H3. The Morgan fingerprint density at radius 3 is 1.00 bits per heavy atom. The number of rotatable bonds is 12. The summed E-state index contributed by atoms with van der Waals surface area (Å²) in [7, 11) is 0. The maximum atomic E-state index is 9.30. The predicted molar refractivity (Wildman–Crippen MR) is 80.1 cm³/mol. The lowest BCUT2D eigenvalue weighted by molar-refractivity contribution is 0.166. The van der Waals surface area contributed by atoms with Gasteiger partial charge in [0.1, 0.15) is 0 Å². The summed E-state index contributed by atoms with van der Waals surface area (Å²) in [5.74, 6) is 0.677. The Bertz CT molecular complexity index is 157. The third-order valence-electron chi connectivity index (χ3n) is 3.70. The first-order valence-corrected chi connectivity index (χ1v) is 7.96. The van der Waals surface area contributed by atoms with Gasteiger partial charge in [0.25, 0.3) is 0 Å². The summed E-state index contributed by atoms with van der Waals surface area (Å²) in [5, 5.41) is 27.9. The summed E-state index contributed by atoms with van der Waals surface area (Å²) in [6, 6.07) is 0. The molecule has 0 rings (SSSR count). The molecule has 3 nitrogen and oxygen atoms in total. The second-order valence-electron chi connectivity index (χ2n) is 6.21. The van der Waals surface area contributed by atoms with Crippen LogP contribution in [0.5, 0.6) is 0 Å². The highest BCUT2D eigenvalue weighted by Gasteiger charge is 2.10. The van der Waals surface area contributed by atoms with Crippen LogP contribution in [-0.2, 0) is 0 Å². The van der Waals surface area contributed by atoms with E-state index in [1.807, 2.05) is 20.8 Å². The molecule has 0 aromatic heterocycles. The van der Waals surface area contributed by atoms with Crippen LogP contribution in [0.15, 0.2) is 0 Å². The number of hydrogen-bond acceptors (Lipinski definition) is 3. The Balaban J connectivity index is 3.85. The topological polar surface area (TPSA) is 60.7 Å². The molecule has 0 saturated carbocycles. The maximum absolute atomic E-state index is 9.30. The van der Waals surface area contributed by atoms with Crippen molar-refractivity contribution in [1.29, 1.82) is 0 Å². The van der Waals surface area contributed by atoms with E-state index in [4.69, 9.17) is 0 Å². The quantitative estimate of drug-likeness (QED) is 0.512. The average Bonchev–Trinajstić information content (AvgIpc) is 2.26. The van der Waals surface area contributed by atoms with Crippen molar-refractivity contribution in [2.45, 2.75) is 96.9 Å². The molecular weight excluding hydrogens is 240 g/mol. The smallest absolute Gasteiger partial charge is 0.0512 e. The summed E-state index contributed by atoms with van der Waals surface area (Å²) >= 11 is 0. The lowest BCUT2D eigenvalue weighted by Gasteiger charge is -2.18. The van der Waals surface area contributed by atoms with E-state index < -0.39 is 0 Å². The van der Waals surface area contributed by atoms with Crippen molar-refractivity contribution in [2.75, 3.05) is 0 Å². The van der Waals surface area contributed by atoms with Gasteiger partial charge in [0.15, 0.2) is 0 Å². The molecule has 19 heavy (non-hydrogen) atoms. The minimum absolute atomic E-state index is 0.199. The molecule has 0 spiro atoms. The van der Waals surface area contributed by atoms with E-state index in [9.17, 15) is 15.3 Å². The molecular formula is C16H34O3. The van der Waals surface area contributed by atoms with Crippen LogP contribution in [0, 0.1) is 5.92 Å². The van der Waals surface area contributed by atoms with Gasteiger partial charge >= 0.3 is 0 Å². The van der Waals surface area contributed by atoms with Crippen LogP contribution in [0.2, 0.25) is 0 Å². The molecule has 3 heteroatoms. The fraction of sp³-hybridized carbons (Fsp3) is 1.00. The van der Waals surface area contributed by atoms with Crippen molar-refractivity contribution in [3.05, 3.63) is 0 Å². The van der Waals surface area contributed by atoms with Crippen molar-refractivity contribution in [3.63, 3.8) is 0 Å². The van der Waals surface area contributed by atoms with Crippen LogP contribution in [0.1, 0.15) is 78.6 Å². The van der Waals surface area contributed by atoms with E-state index in [2.05, 4.69) is 0 Å². The third-order valence-corrected chi connectivity index (χ3v) is 3.70. The molecule has 3 N–H and O–H groups in total. The summed E-state index contributed by atoms with van der Waals surface area (Å²) in [4.78, 5) is 0. The van der Waals surface area contributed by atoms with Crippen molar-refractivity contribution in [2.24, 2.45) is 5.92 Å². The molecule has 3 atom stereocenters. The van der Waals surface area contributed by atoms with E-state index >= 15 is 0 Å². The highest BCUT2D eigenvalue weighted by molar-refractivity contribution is 4.64. The van der Waals surface area contributed by atoms with Crippen LogP contribution in [0.3, 0.4) is 0 Å². The van der Waals surface area contributed by atoms with Gasteiger partial charge in [-0.25, -0.2) is 0 Å². The van der Waals surface area contributed by atoms with Gasteiger partial charge < -0.3 is 15.3 Å². The van der Waals surface area contributed by atoms with Gasteiger partial charge in [-0.3, -0.25) is 0 Å². The largest absolute Gasteiger partial charge is 0.393 e. The molecule has 116 valence electrons. The number of hydrogen-bond donors (Lipinski definition) is 3. The highest BCUT2D eigenvalue weighted by Crippen LogP contribution is 2.23. The lowest BCUT2D eigenvalue weighted by Crippen LogP contribution is -2.08. The Morgan fingerprint density at radius 2 is 0.789 bits per heavy atom. The van der Waals surface area contributed by atoms with Crippen LogP contribution in [0.4, 0.5) is 0 Å². The number of aliphatic hydroxyl groups is 3. The van der Waals surface area contributed by atoms with Crippen molar-refractivity contribution in [3.8, 4) is 0 Å². The van der Waals surface area contributed by atoms with Gasteiger partial charge in [-0.1, -0.05) is 38.5 Å². The molecule has 3 unspecified atom stereocenters. The van der Waals surface area contributed by atoms with Crippen molar-refractivity contribution in [1.82, 2.24) is 0 Å². The second kappa shape index (κ2) is 11.7. The molecule has 0 aromatic rings. The van der Waals surface area contributed by atoms with Gasteiger partial charge in [0, 0.05) is 0 Å². The summed E-state index contributed by atoms with van der Waals surface area (Å²) in [6.45, 7) is 5.53. The molecule has 0 bridgehead atoms. The summed E-state index contributed by atoms with van der Waals surface area (Å²) in [6.07, 6.45) is 8.74. The first-order chi connectivity index (χ1) is 8.91. The van der Waals surface area contributed by atoms with Crippen LogP contribution >= 0.6 is 0 Å². The molecule has 0 aliphatic heterocycles. The van der Waals surface area contributed by atoms with E-state index in [-0.39, 0.29) is 18.3 Å².